The molecule has 1 heterocycles. The molecule has 0 bridgehead atoms. The Hall–Kier alpha value is -1.49. The van der Waals surface area contributed by atoms with Gasteiger partial charge in [0, 0.05) is 6.20 Å². The Kier molecular flexibility index (Phi) is 2.40. The summed E-state index contributed by atoms with van der Waals surface area (Å²) in [5, 5.41) is 2.47. The Bertz CT molecular complexity index is 390. The van der Waals surface area contributed by atoms with Gasteiger partial charge in [-0.05, 0) is 25.3 Å². The molecule has 0 saturated heterocycles. The maximum atomic E-state index is 13.1. The fourth-order valence-electron chi connectivity index (χ4n) is 1.51. The molecule has 3 N–H and O–H groups in total. The summed E-state index contributed by atoms with van der Waals surface area (Å²) in [7, 11) is 0. The molecule has 1 amide bonds. The Labute approximate surface area is 86.7 Å². The van der Waals surface area contributed by atoms with Crippen LogP contribution in [0.2, 0.25) is 0 Å². The maximum absolute atomic E-state index is 13.1. The summed E-state index contributed by atoms with van der Waals surface area (Å²) in [4.78, 5) is 15.2. The van der Waals surface area contributed by atoms with E-state index < -0.39 is 11.4 Å². The quantitative estimate of drug-likeness (QED) is 0.764. The Morgan fingerprint density at radius 2 is 2.33 bits per heavy atom. The maximum Gasteiger partial charge on any atom is 0.244 e. The minimum atomic E-state index is -0.810. The first kappa shape index (κ1) is 10.0. The molecule has 5 heteroatoms. The number of amides is 1. The number of aromatic nitrogens is 1. The monoisotopic (exact) mass is 209 g/mol. The normalized spacial score (nSPS) is 18.0. The van der Waals surface area contributed by atoms with Crippen LogP contribution < -0.4 is 11.1 Å². The molecule has 1 aliphatic rings. The van der Waals surface area contributed by atoms with Gasteiger partial charge in [0.05, 0.1) is 17.4 Å². The van der Waals surface area contributed by atoms with Gasteiger partial charge in [-0.3, -0.25) is 9.78 Å². The van der Waals surface area contributed by atoms with Gasteiger partial charge in [-0.2, -0.15) is 0 Å². The zero-order valence-electron chi connectivity index (χ0n) is 8.16. The fraction of sp³-hybridized carbons (Fsp3) is 0.400. The number of carbonyl (C=O) groups is 1. The average Bonchev–Trinajstić information content (AvgIpc) is 2.18. The minimum Gasteiger partial charge on any atom is -0.322 e. The third kappa shape index (κ3) is 1.83. The van der Waals surface area contributed by atoms with Crippen LogP contribution in [0.1, 0.15) is 19.3 Å². The van der Waals surface area contributed by atoms with Crippen molar-refractivity contribution in [1.29, 1.82) is 0 Å². The lowest BCUT2D eigenvalue weighted by molar-refractivity contribution is -0.123. The van der Waals surface area contributed by atoms with Gasteiger partial charge in [-0.1, -0.05) is 0 Å². The van der Waals surface area contributed by atoms with Crippen LogP contribution in [0.5, 0.6) is 0 Å². The SMILES string of the molecule is NC1(C(=O)Nc2ccncc2F)CCC1. The first-order valence-corrected chi connectivity index (χ1v) is 4.82. The number of hydrogen-bond donors (Lipinski definition) is 2. The van der Waals surface area contributed by atoms with Gasteiger partial charge in [0.1, 0.15) is 0 Å². The van der Waals surface area contributed by atoms with Crippen molar-refractivity contribution in [2.24, 2.45) is 5.73 Å². The second-order valence-corrected chi connectivity index (χ2v) is 3.82. The summed E-state index contributed by atoms with van der Waals surface area (Å²) in [6.07, 6.45) is 4.74. The Morgan fingerprint density at radius 3 is 2.87 bits per heavy atom. The lowest BCUT2D eigenvalue weighted by Crippen LogP contribution is -2.56. The van der Waals surface area contributed by atoms with Crippen molar-refractivity contribution in [2.75, 3.05) is 5.32 Å². The van der Waals surface area contributed by atoms with E-state index in [2.05, 4.69) is 10.3 Å². The second kappa shape index (κ2) is 3.58. The third-order valence-electron chi connectivity index (χ3n) is 2.72. The van der Waals surface area contributed by atoms with Gasteiger partial charge in [-0.15, -0.1) is 0 Å². The van der Waals surface area contributed by atoms with Crippen LogP contribution in [-0.2, 0) is 4.79 Å². The van der Waals surface area contributed by atoms with Gasteiger partial charge in [0.15, 0.2) is 5.82 Å². The van der Waals surface area contributed by atoms with E-state index in [1.165, 1.54) is 12.3 Å². The van der Waals surface area contributed by atoms with Crippen LogP contribution in [0.25, 0.3) is 0 Å². The summed E-state index contributed by atoms with van der Waals surface area (Å²) in [6.45, 7) is 0. The van der Waals surface area contributed by atoms with Crippen LogP contribution in [0, 0.1) is 5.82 Å². The summed E-state index contributed by atoms with van der Waals surface area (Å²) in [5.74, 6) is -0.868. The third-order valence-corrected chi connectivity index (χ3v) is 2.72. The summed E-state index contributed by atoms with van der Waals surface area (Å²) in [5.41, 5.74) is 5.12. The van der Waals surface area contributed by atoms with Crippen molar-refractivity contribution in [1.82, 2.24) is 4.98 Å². The topological polar surface area (TPSA) is 68.0 Å². The van der Waals surface area contributed by atoms with E-state index in [1.807, 2.05) is 0 Å². The van der Waals surface area contributed by atoms with Crippen molar-refractivity contribution in [3.63, 3.8) is 0 Å². The van der Waals surface area contributed by atoms with Crippen molar-refractivity contribution in [2.45, 2.75) is 24.8 Å². The molecule has 0 atom stereocenters. The number of nitrogens with zero attached hydrogens (tertiary/aromatic N) is 1. The van der Waals surface area contributed by atoms with Crippen LogP contribution in [0.15, 0.2) is 18.5 Å². The number of hydrogen-bond acceptors (Lipinski definition) is 3. The molecular formula is C10H12FN3O. The van der Waals surface area contributed by atoms with Gasteiger partial charge in [-0.25, -0.2) is 4.39 Å². The standard InChI is InChI=1S/C10H12FN3O/c11-7-6-13-5-2-8(7)14-9(15)10(12)3-1-4-10/h2,5-6H,1,3-4,12H2,(H,13,14,15). The molecule has 0 radical (unpaired) electrons. The molecule has 15 heavy (non-hydrogen) atoms. The molecule has 4 nitrogen and oxygen atoms in total. The van der Waals surface area contributed by atoms with Crippen molar-refractivity contribution in [3.05, 3.63) is 24.3 Å². The number of halogens is 1. The van der Waals surface area contributed by atoms with Gasteiger partial charge in [0.2, 0.25) is 5.91 Å². The van der Waals surface area contributed by atoms with E-state index in [-0.39, 0.29) is 11.6 Å². The van der Waals surface area contributed by atoms with E-state index >= 15 is 0 Å². The van der Waals surface area contributed by atoms with Crippen molar-refractivity contribution >= 4 is 11.6 Å². The molecule has 1 aliphatic carbocycles. The molecule has 1 fully saturated rings. The lowest BCUT2D eigenvalue weighted by atomic mass is 9.77. The van der Waals surface area contributed by atoms with Crippen molar-refractivity contribution in [3.8, 4) is 0 Å². The fourth-order valence-corrected chi connectivity index (χ4v) is 1.51. The predicted octanol–water partition coefficient (Wildman–Crippen LogP) is 1.04. The molecule has 1 saturated carbocycles. The number of rotatable bonds is 2. The lowest BCUT2D eigenvalue weighted by Gasteiger charge is -2.36. The zero-order valence-corrected chi connectivity index (χ0v) is 8.16. The van der Waals surface area contributed by atoms with Crippen molar-refractivity contribution < 1.29 is 9.18 Å². The van der Waals surface area contributed by atoms with Crippen LogP contribution in [0.4, 0.5) is 10.1 Å². The number of nitrogens with two attached hydrogens (primary N) is 1. The van der Waals surface area contributed by atoms with E-state index in [9.17, 15) is 9.18 Å². The highest BCUT2D eigenvalue weighted by molar-refractivity contribution is 5.98. The first-order chi connectivity index (χ1) is 7.12. The van der Waals surface area contributed by atoms with E-state index in [0.29, 0.717) is 12.8 Å². The molecule has 0 spiro atoms. The molecule has 0 unspecified atom stereocenters. The summed E-state index contributed by atoms with van der Waals surface area (Å²) in [6, 6.07) is 1.41. The summed E-state index contributed by atoms with van der Waals surface area (Å²) < 4.78 is 13.1. The highest BCUT2D eigenvalue weighted by Crippen LogP contribution is 2.30. The van der Waals surface area contributed by atoms with Gasteiger partial charge in [0.25, 0.3) is 0 Å². The number of anilines is 1. The van der Waals surface area contributed by atoms with Gasteiger partial charge < -0.3 is 11.1 Å². The van der Waals surface area contributed by atoms with E-state index in [1.54, 1.807) is 0 Å². The van der Waals surface area contributed by atoms with E-state index in [0.717, 1.165) is 12.6 Å². The number of carbonyl (C=O) groups excluding carboxylic acids is 1. The van der Waals surface area contributed by atoms with E-state index in [4.69, 9.17) is 5.73 Å². The molecular weight excluding hydrogens is 197 g/mol. The highest BCUT2D eigenvalue weighted by atomic mass is 19.1. The largest absolute Gasteiger partial charge is 0.322 e. The molecule has 1 aromatic rings. The molecule has 80 valence electrons. The Balaban J connectivity index is 2.09. The predicted molar refractivity (Wildman–Crippen MR) is 53.6 cm³/mol. The smallest absolute Gasteiger partial charge is 0.244 e. The van der Waals surface area contributed by atoms with Gasteiger partial charge >= 0.3 is 0 Å². The number of pyridine rings is 1. The van der Waals surface area contributed by atoms with Crippen LogP contribution in [0.3, 0.4) is 0 Å². The second-order valence-electron chi connectivity index (χ2n) is 3.82. The minimum absolute atomic E-state index is 0.131. The first-order valence-electron chi connectivity index (χ1n) is 4.82. The molecule has 2 rings (SSSR count). The van der Waals surface area contributed by atoms with Crippen LogP contribution >= 0.6 is 0 Å². The molecule has 0 aliphatic heterocycles. The molecule has 0 aromatic carbocycles. The Morgan fingerprint density at radius 1 is 1.60 bits per heavy atom. The average molecular weight is 209 g/mol. The number of nitrogens with one attached hydrogen (secondary N) is 1. The highest BCUT2D eigenvalue weighted by Gasteiger charge is 2.40. The zero-order chi connectivity index (χ0) is 10.9. The summed E-state index contributed by atoms with van der Waals surface area (Å²) >= 11 is 0. The molecule has 1 aromatic heterocycles. The van der Waals surface area contributed by atoms with Crippen LogP contribution in [-0.4, -0.2) is 16.4 Å².